The molecule has 0 radical (unpaired) electrons. The van der Waals surface area contributed by atoms with Gasteiger partial charge in [-0.25, -0.2) is 0 Å². The molecule has 92 valence electrons. The third-order valence-corrected chi connectivity index (χ3v) is 3.03. The molecular formula is C15H13BrO2. The van der Waals surface area contributed by atoms with Crippen LogP contribution in [0, 0.1) is 0 Å². The number of hydrogen-bond acceptors (Lipinski definition) is 2. The standard InChI is InChI=1S/C15H13BrO2/c1-11(17)18-15(12-6-3-2-4-7-12)13-8-5-9-14(16)10-13/h2-10,15H,1H3. The summed E-state index contributed by atoms with van der Waals surface area (Å²) in [5, 5.41) is 0. The van der Waals surface area contributed by atoms with E-state index < -0.39 is 0 Å². The Morgan fingerprint density at radius 1 is 1.06 bits per heavy atom. The van der Waals surface area contributed by atoms with Gasteiger partial charge in [-0.05, 0) is 23.3 Å². The van der Waals surface area contributed by atoms with Crippen molar-refractivity contribution in [2.24, 2.45) is 0 Å². The van der Waals surface area contributed by atoms with Crippen molar-refractivity contribution in [2.45, 2.75) is 13.0 Å². The van der Waals surface area contributed by atoms with Gasteiger partial charge in [-0.1, -0.05) is 58.4 Å². The van der Waals surface area contributed by atoms with E-state index in [1.165, 1.54) is 6.92 Å². The van der Waals surface area contributed by atoms with Crippen molar-refractivity contribution >= 4 is 21.9 Å². The van der Waals surface area contributed by atoms with Gasteiger partial charge in [0.2, 0.25) is 0 Å². The van der Waals surface area contributed by atoms with Crippen molar-refractivity contribution in [3.8, 4) is 0 Å². The van der Waals surface area contributed by atoms with E-state index in [4.69, 9.17) is 4.74 Å². The Morgan fingerprint density at radius 3 is 2.33 bits per heavy atom. The van der Waals surface area contributed by atoms with Crippen LogP contribution in [0.1, 0.15) is 24.2 Å². The molecule has 2 nitrogen and oxygen atoms in total. The van der Waals surface area contributed by atoms with Crippen molar-refractivity contribution in [3.05, 3.63) is 70.2 Å². The number of hydrogen-bond donors (Lipinski definition) is 0. The zero-order valence-corrected chi connectivity index (χ0v) is 11.6. The van der Waals surface area contributed by atoms with Crippen molar-refractivity contribution in [3.63, 3.8) is 0 Å². The van der Waals surface area contributed by atoms with Crippen LogP contribution < -0.4 is 0 Å². The number of rotatable bonds is 3. The Bertz CT molecular complexity index is 537. The number of benzene rings is 2. The summed E-state index contributed by atoms with van der Waals surface area (Å²) in [5.74, 6) is -0.288. The Kier molecular flexibility index (Phi) is 4.15. The van der Waals surface area contributed by atoms with Crippen molar-refractivity contribution < 1.29 is 9.53 Å². The first-order valence-electron chi connectivity index (χ1n) is 5.64. The minimum absolute atomic E-state index is 0.288. The van der Waals surface area contributed by atoms with E-state index in [2.05, 4.69) is 15.9 Å². The molecule has 2 rings (SSSR count). The molecule has 3 heteroatoms. The average molecular weight is 305 g/mol. The summed E-state index contributed by atoms with van der Waals surface area (Å²) in [4.78, 5) is 11.3. The molecule has 0 N–H and O–H groups in total. The second kappa shape index (κ2) is 5.83. The van der Waals surface area contributed by atoms with E-state index in [9.17, 15) is 4.79 Å². The van der Waals surface area contributed by atoms with E-state index in [0.29, 0.717) is 0 Å². The summed E-state index contributed by atoms with van der Waals surface area (Å²) >= 11 is 3.43. The minimum atomic E-state index is -0.360. The van der Waals surface area contributed by atoms with Gasteiger partial charge in [0.05, 0.1) is 0 Å². The van der Waals surface area contributed by atoms with Crippen LogP contribution in [0.4, 0.5) is 0 Å². The maximum atomic E-state index is 11.3. The minimum Gasteiger partial charge on any atom is -0.453 e. The van der Waals surface area contributed by atoms with Gasteiger partial charge >= 0.3 is 5.97 Å². The summed E-state index contributed by atoms with van der Waals surface area (Å²) in [6, 6.07) is 17.5. The highest BCUT2D eigenvalue weighted by atomic mass is 79.9. The number of halogens is 1. The summed E-state index contributed by atoms with van der Waals surface area (Å²) in [7, 11) is 0. The number of ether oxygens (including phenoxy) is 1. The molecule has 0 fully saturated rings. The third-order valence-electron chi connectivity index (χ3n) is 2.54. The van der Waals surface area contributed by atoms with E-state index in [0.717, 1.165) is 15.6 Å². The predicted molar refractivity (Wildman–Crippen MR) is 74.2 cm³/mol. The molecule has 1 atom stereocenters. The zero-order valence-electron chi connectivity index (χ0n) is 9.97. The highest BCUT2D eigenvalue weighted by Gasteiger charge is 2.17. The first-order valence-corrected chi connectivity index (χ1v) is 6.44. The molecule has 0 aromatic heterocycles. The molecular weight excluding hydrogens is 292 g/mol. The summed E-state index contributed by atoms with van der Waals surface area (Å²) in [5.41, 5.74) is 1.91. The normalized spacial score (nSPS) is 11.9. The Morgan fingerprint density at radius 2 is 1.72 bits per heavy atom. The molecule has 0 heterocycles. The molecule has 0 bridgehead atoms. The average Bonchev–Trinajstić information content (AvgIpc) is 2.37. The van der Waals surface area contributed by atoms with E-state index in [-0.39, 0.29) is 12.1 Å². The highest BCUT2D eigenvalue weighted by Crippen LogP contribution is 2.27. The molecule has 0 aliphatic rings. The van der Waals surface area contributed by atoms with Crippen molar-refractivity contribution in [2.75, 3.05) is 0 Å². The Balaban J connectivity index is 2.40. The molecule has 0 spiro atoms. The number of carbonyl (C=O) groups is 1. The monoisotopic (exact) mass is 304 g/mol. The van der Waals surface area contributed by atoms with Gasteiger partial charge in [-0.2, -0.15) is 0 Å². The molecule has 0 aliphatic heterocycles. The molecule has 2 aromatic rings. The summed E-state index contributed by atoms with van der Waals surface area (Å²) < 4.78 is 6.38. The van der Waals surface area contributed by atoms with Crippen LogP contribution in [0.5, 0.6) is 0 Å². The van der Waals surface area contributed by atoms with Crippen molar-refractivity contribution in [1.82, 2.24) is 0 Å². The van der Waals surface area contributed by atoms with Crippen LogP contribution in [0.3, 0.4) is 0 Å². The van der Waals surface area contributed by atoms with Gasteiger partial charge in [-0.3, -0.25) is 4.79 Å². The smallest absolute Gasteiger partial charge is 0.303 e. The number of esters is 1. The zero-order chi connectivity index (χ0) is 13.0. The van der Waals surface area contributed by atoms with Gasteiger partial charge in [0.15, 0.2) is 6.10 Å². The van der Waals surface area contributed by atoms with E-state index >= 15 is 0 Å². The fourth-order valence-corrected chi connectivity index (χ4v) is 2.21. The maximum Gasteiger partial charge on any atom is 0.303 e. The first kappa shape index (κ1) is 12.8. The van der Waals surface area contributed by atoms with E-state index in [1.54, 1.807) is 0 Å². The molecule has 0 amide bonds. The van der Waals surface area contributed by atoms with E-state index in [1.807, 2.05) is 54.6 Å². The second-order valence-corrected chi connectivity index (χ2v) is 4.87. The Labute approximate surface area is 115 Å². The van der Waals surface area contributed by atoms with Gasteiger partial charge in [0.25, 0.3) is 0 Å². The van der Waals surface area contributed by atoms with Crippen LogP contribution >= 0.6 is 15.9 Å². The van der Waals surface area contributed by atoms with Gasteiger partial charge < -0.3 is 4.74 Å². The lowest BCUT2D eigenvalue weighted by Gasteiger charge is -2.18. The topological polar surface area (TPSA) is 26.3 Å². The lowest BCUT2D eigenvalue weighted by atomic mass is 10.0. The first-order chi connectivity index (χ1) is 8.66. The summed E-state index contributed by atoms with van der Waals surface area (Å²) in [6.45, 7) is 1.42. The van der Waals surface area contributed by atoms with Gasteiger partial charge in [0, 0.05) is 11.4 Å². The molecule has 0 aliphatic carbocycles. The Hall–Kier alpha value is -1.61. The largest absolute Gasteiger partial charge is 0.453 e. The van der Waals surface area contributed by atoms with Crippen LogP contribution in [0.25, 0.3) is 0 Å². The van der Waals surface area contributed by atoms with Crippen LogP contribution in [0.2, 0.25) is 0 Å². The summed E-state index contributed by atoms with van der Waals surface area (Å²) in [6.07, 6.45) is -0.360. The molecule has 2 aromatic carbocycles. The molecule has 1 unspecified atom stereocenters. The van der Waals surface area contributed by atoms with Crippen LogP contribution in [-0.4, -0.2) is 5.97 Å². The SMILES string of the molecule is CC(=O)OC(c1ccccc1)c1cccc(Br)c1. The number of carbonyl (C=O) groups excluding carboxylic acids is 1. The molecule has 0 saturated carbocycles. The predicted octanol–water partition coefficient (Wildman–Crippen LogP) is 4.10. The van der Waals surface area contributed by atoms with Gasteiger partial charge in [0.1, 0.15) is 0 Å². The highest BCUT2D eigenvalue weighted by molar-refractivity contribution is 9.10. The lowest BCUT2D eigenvalue weighted by Crippen LogP contribution is -2.09. The van der Waals surface area contributed by atoms with Crippen LogP contribution in [-0.2, 0) is 9.53 Å². The molecule has 0 saturated heterocycles. The van der Waals surface area contributed by atoms with Crippen LogP contribution in [0.15, 0.2) is 59.1 Å². The molecule has 18 heavy (non-hydrogen) atoms. The third kappa shape index (κ3) is 3.20. The maximum absolute atomic E-state index is 11.3. The second-order valence-electron chi connectivity index (χ2n) is 3.96. The fraction of sp³-hybridized carbons (Fsp3) is 0.133. The van der Waals surface area contributed by atoms with Gasteiger partial charge in [-0.15, -0.1) is 0 Å². The quantitative estimate of drug-likeness (QED) is 0.798. The van der Waals surface area contributed by atoms with Crippen molar-refractivity contribution in [1.29, 1.82) is 0 Å². The lowest BCUT2D eigenvalue weighted by molar-refractivity contribution is -0.144. The fourth-order valence-electron chi connectivity index (χ4n) is 1.79.